The number of urea groups is 1. The van der Waals surface area contributed by atoms with Gasteiger partial charge in [0.2, 0.25) is 0 Å². The third kappa shape index (κ3) is 1.64. The van der Waals surface area contributed by atoms with Gasteiger partial charge in [0, 0.05) is 0 Å². The van der Waals surface area contributed by atoms with E-state index in [1.165, 1.54) is 0 Å². The number of carbonyl (C=O) groups is 1. The van der Waals surface area contributed by atoms with E-state index in [9.17, 15) is 21.6 Å². The number of nitrogens with zero attached hydrogens (tertiary/aromatic N) is 2. The minimum Gasteiger partial charge on any atom is -0.240 e. The highest BCUT2D eigenvalue weighted by atomic mass is 33.2. The van der Waals surface area contributed by atoms with Crippen LogP contribution in [0, 0.1) is 0 Å². The molecule has 2 rings (SSSR count). The molecule has 0 aliphatic carbocycles. The van der Waals surface area contributed by atoms with Crippen LogP contribution < -0.4 is 0 Å². The highest BCUT2D eigenvalue weighted by Gasteiger charge is 2.49. The van der Waals surface area contributed by atoms with Gasteiger partial charge in [-0.25, -0.2) is 4.79 Å². The Bertz CT molecular complexity index is 407. The van der Waals surface area contributed by atoms with Crippen molar-refractivity contribution in [2.45, 2.75) is 0 Å². The highest BCUT2D eigenvalue weighted by molar-refractivity contribution is 8.71. The molecule has 2 aliphatic heterocycles. The Morgan fingerprint density at radius 1 is 1.07 bits per heavy atom. The van der Waals surface area contributed by atoms with Crippen molar-refractivity contribution in [3.8, 4) is 0 Å². The van der Waals surface area contributed by atoms with Crippen molar-refractivity contribution in [3.63, 3.8) is 0 Å². The molecule has 0 radical (unpaired) electrons. The van der Waals surface area contributed by atoms with Crippen molar-refractivity contribution in [1.29, 1.82) is 0 Å². The van der Waals surface area contributed by atoms with Crippen LogP contribution in [0.5, 0.6) is 0 Å². The molecule has 2 saturated heterocycles. The van der Waals surface area contributed by atoms with Gasteiger partial charge in [-0.1, -0.05) is 8.57 Å². The predicted molar refractivity (Wildman–Crippen MR) is 37.8 cm³/mol. The van der Waals surface area contributed by atoms with E-state index < -0.39 is 25.6 Å². The largest absolute Gasteiger partial charge is 0.446 e. The Labute approximate surface area is 81.1 Å². The van der Waals surface area contributed by atoms with Crippen LogP contribution in [0.3, 0.4) is 0 Å². The number of hydroxylamine groups is 3. The van der Waals surface area contributed by atoms with Crippen LogP contribution in [-0.2, 0) is 32.4 Å². The number of amides is 2. The Balaban J connectivity index is 1.94. The molecule has 2 heterocycles. The van der Waals surface area contributed by atoms with E-state index in [-0.39, 0.29) is 20.7 Å². The average Bonchev–Trinajstić information content (AvgIpc) is 1.93. The first-order chi connectivity index (χ1) is 6.29. The molecular formula is CN2O8S3. The fourth-order valence-electron chi connectivity index (χ4n) is 0.537. The standard InChI is InChI=1S/CN2O8S3/c4-1(2-9-13(5,6)10-2)3-11-14(7,8)12-3. The molecule has 14 heavy (non-hydrogen) atoms. The van der Waals surface area contributed by atoms with Gasteiger partial charge < -0.3 is 0 Å². The van der Waals surface area contributed by atoms with Gasteiger partial charge >= 0.3 is 25.6 Å². The Morgan fingerprint density at radius 3 is 1.93 bits per heavy atom. The second-order valence-electron chi connectivity index (χ2n) is 1.91. The van der Waals surface area contributed by atoms with E-state index in [1.807, 2.05) is 0 Å². The maximum atomic E-state index is 10.9. The smallest absolute Gasteiger partial charge is 0.240 e. The quantitative estimate of drug-likeness (QED) is 0.387. The summed E-state index contributed by atoms with van der Waals surface area (Å²) in [4.78, 5) is 10.9. The summed E-state index contributed by atoms with van der Waals surface area (Å²) in [6, 6.07) is -1.22. The fraction of sp³-hybridized carbons (Fsp3) is 0. The van der Waals surface area contributed by atoms with Crippen molar-refractivity contribution < 1.29 is 34.5 Å². The molecule has 0 aromatic rings. The molecule has 10 nitrogen and oxygen atoms in total. The van der Waals surface area contributed by atoms with Crippen molar-refractivity contribution >= 4 is 36.6 Å². The first-order valence-electron chi connectivity index (χ1n) is 2.71. The Morgan fingerprint density at radius 2 is 1.57 bits per heavy atom. The lowest BCUT2D eigenvalue weighted by atomic mass is 11.1. The van der Waals surface area contributed by atoms with E-state index in [2.05, 4.69) is 12.9 Å². The molecule has 2 aliphatic rings. The second kappa shape index (κ2) is 2.71. The van der Waals surface area contributed by atoms with E-state index in [4.69, 9.17) is 0 Å². The van der Waals surface area contributed by atoms with Crippen molar-refractivity contribution in [2.75, 3.05) is 0 Å². The molecule has 0 bridgehead atoms. The van der Waals surface area contributed by atoms with Crippen LogP contribution in [0.1, 0.15) is 0 Å². The zero-order valence-corrected chi connectivity index (χ0v) is 8.33. The van der Waals surface area contributed by atoms with Gasteiger partial charge in [0.15, 0.2) is 0 Å². The predicted octanol–water partition coefficient (Wildman–Crippen LogP) is -1.33. The molecule has 2 amide bonds. The van der Waals surface area contributed by atoms with E-state index >= 15 is 0 Å². The SMILES string of the molecule is O=C(N1OS(=O)(=O)O1)N1OS(=O)(=O)S1. The first-order valence-corrected chi connectivity index (χ1v) is 6.75. The van der Waals surface area contributed by atoms with Gasteiger partial charge in [-0.3, -0.25) is 0 Å². The molecule has 0 N–H and O–H groups in total. The normalized spacial score (nSPS) is 27.7. The van der Waals surface area contributed by atoms with Crippen LogP contribution in [0.4, 0.5) is 4.79 Å². The molecule has 80 valence electrons. The highest BCUT2D eigenvalue weighted by Crippen LogP contribution is 2.36. The lowest BCUT2D eigenvalue weighted by molar-refractivity contribution is -0.288. The first kappa shape index (κ1) is 9.94. The van der Waals surface area contributed by atoms with Crippen LogP contribution >= 0.6 is 11.0 Å². The molecule has 0 aromatic heterocycles. The fourth-order valence-corrected chi connectivity index (χ4v) is 2.58. The van der Waals surface area contributed by atoms with Gasteiger partial charge in [-0.2, -0.15) is 16.8 Å². The summed E-state index contributed by atoms with van der Waals surface area (Å²) in [5.74, 6) is 0. The summed E-state index contributed by atoms with van der Waals surface area (Å²) in [7, 11) is -7.89. The lowest BCUT2D eigenvalue weighted by Gasteiger charge is -2.31. The van der Waals surface area contributed by atoms with Crippen molar-refractivity contribution in [1.82, 2.24) is 9.70 Å². The minimum absolute atomic E-state index is 0.0446. The maximum Gasteiger partial charge on any atom is 0.446 e. The molecule has 0 aromatic carbocycles. The Kier molecular flexibility index (Phi) is 1.92. The molecule has 0 atom stereocenters. The molecule has 0 saturated carbocycles. The van der Waals surface area contributed by atoms with Crippen molar-refractivity contribution in [2.24, 2.45) is 0 Å². The zero-order valence-electron chi connectivity index (χ0n) is 5.89. The molecule has 2 fully saturated rings. The second-order valence-corrected chi connectivity index (χ2v) is 6.14. The van der Waals surface area contributed by atoms with Gasteiger partial charge in [0.25, 0.3) is 0 Å². The number of hydrogen-bond acceptors (Lipinski definition) is 9. The van der Waals surface area contributed by atoms with Crippen LogP contribution in [0.25, 0.3) is 0 Å². The molecule has 0 spiro atoms. The summed E-state index contributed by atoms with van der Waals surface area (Å²) in [5, 5.41) is -0.0446. The summed E-state index contributed by atoms with van der Waals surface area (Å²) in [6.45, 7) is 0. The van der Waals surface area contributed by atoms with Crippen LogP contribution in [-0.4, -0.2) is 32.6 Å². The number of rotatable bonds is 0. The Hall–Kier alpha value is -0.600. The van der Waals surface area contributed by atoms with Gasteiger partial charge in [0.05, 0.1) is 0 Å². The monoisotopic (exact) mass is 264 g/mol. The van der Waals surface area contributed by atoms with E-state index in [0.717, 1.165) is 0 Å². The molecule has 0 unspecified atom stereocenters. The van der Waals surface area contributed by atoms with Crippen LogP contribution in [0.15, 0.2) is 0 Å². The minimum atomic E-state index is -4.16. The average molecular weight is 264 g/mol. The number of hydrogen-bond donors (Lipinski definition) is 0. The molecular weight excluding hydrogens is 264 g/mol. The third-order valence-electron chi connectivity index (χ3n) is 0.948. The van der Waals surface area contributed by atoms with E-state index in [0.29, 0.717) is 0 Å². The summed E-state index contributed by atoms with van der Waals surface area (Å²) < 4.78 is 53.1. The molecule has 13 heteroatoms. The van der Waals surface area contributed by atoms with Gasteiger partial charge in [-0.15, -0.1) is 8.75 Å². The summed E-state index contributed by atoms with van der Waals surface area (Å²) in [5.41, 5.74) is 0. The van der Waals surface area contributed by atoms with E-state index in [1.54, 1.807) is 0 Å². The third-order valence-corrected chi connectivity index (χ3v) is 3.70. The van der Waals surface area contributed by atoms with Gasteiger partial charge in [-0.05, 0) is 5.23 Å². The zero-order chi connectivity index (χ0) is 10.6. The summed E-state index contributed by atoms with van der Waals surface area (Å²) in [6.07, 6.45) is 0. The number of carbonyl (C=O) groups excluding carboxylic acids is 1. The lowest BCUT2D eigenvalue weighted by Crippen LogP contribution is -2.52. The van der Waals surface area contributed by atoms with Gasteiger partial charge in [0.1, 0.15) is 11.0 Å². The van der Waals surface area contributed by atoms with Crippen molar-refractivity contribution in [3.05, 3.63) is 0 Å². The van der Waals surface area contributed by atoms with Crippen LogP contribution in [0.2, 0.25) is 0 Å². The summed E-state index contributed by atoms with van der Waals surface area (Å²) >= 11 is 0. The maximum absolute atomic E-state index is 10.9. The topological polar surface area (TPSA) is 120 Å².